The molecule has 6 nitrogen and oxygen atoms in total. The second-order valence-electron chi connectivity index (χ2n) is 5.16. The molecule has 0 spiro atoms. The van der Waals surface area contributed by atoms with Crippen LogP contribution in [0.25, 0.3) is 23.6 Å². The Bertz CT molecular complexity index is 1010. The van der Waals surface area contributed by atoms with Crippen LogP contribution >= 0.6 is 34.7 Å². The summed E-state index contributed by atoms with van der Waals surface area (Å²) in [7, 11) is 0. The summed E-state index contributed by atoms with van der Waals surface area (Å²) in [6.45, 7) is 0. The standard InChI is InChI=1S/C17H12ClN5OS2/c18-12-5-3-11(4-6-12)16-19-15(23-24-16)10-26-17-20-14(21-22-17)8-7-13-2-1-9-25-13/h1-9H,10H2,(H,20,21,22). The Morgan fingerprint density at radius 2 is 2.04 bits per heavy atom. The van der Waals surface area contributed by atoms with Gasteiger partial charge in [0.15, 0.2) is 5.82 Å². The zero-order valence-corrected chi connectivity index (χ0v) is 15.7. The predicted octanol–water partition coefficient (Wildman–Crippen LogP) is 5.03. The number of nitrogens with one attached hydrogen (secondary N) is 1. The van der Waals surface area contributed by atoms with Crippen LogP contribution in [0, 0.1) is 0 Å². The van der Waals surface area contributed by atoms with Gasteiger partial charge in [-0.25, -0.2) is 4.98 Å². The maximum atomic E-state index is 5.88. The van der Waals surface area contributed by atoms with Gasteiger partial charge in [-0.05, 0) is 47.9 Å². The number of H-pyrrole nitrogens is 1. The van der Waals surface area contributed by atoms with Gasteiger partial charge in [-0.1, -0.05) is 34.6 Å². The fourth-order valence-corrected chi connectivity index (χ4v) is 3.49. The highest BCUT2D eigenvalue weighted by Crippen LogP contribution is 2.23. The minimum atomic E-state index is 0.465. The molecule has 0 atom stereocenters. The van der Waals surface area contributed by atoms with E-state index >= 15 is 0 Å². The van der Waals surface area contributed by atoms with Gasteiger partial charge < -0.3 is 4.52 Å². The number of thioether (sulfide) groups is 1. The lowest BCUT2D eigenvalue weighted by Gasteiger charge is -1.93. The highest BCUT2D eigenvalue weighted by atomic mass is 35.5. The van der Waals surface area contributed by atoms with Crippen LogP contribution in [0.4, 0.5) is 0 Å². The molecule has 0 fully saturated rings. The molecule has 0 amide bonds. The summed E-state index contributed by atoms with van der Waals surface area (Å²) in [5, 5.41) is 14.4. The van der Waals surface area contributed by atoms with Gasteiger partial charge in [0, 0.05) is 15.5 Å². The molecule has 9 heteroatoms. The van der Waals surface area contributed by atoms with Gasteiger partial charge in [0.25, 0.3) is 5.89 Å². The van der Waals surface area contributed by atoms with Gasteiger partial charge in [-0.15, -0.1) is 16.4 Å². The van der Waals surface area contributed by atoms with E-state index in [9.17, 15) is 0 Å². The van der Waals surface area contributed by atoms with Crippen LogP contribution in [0.3, 0.4) is 0 Å². The normalized spacial score (nSPS) is 11.4. The van der Waals surface area contributed by atoms with Crippen molar-refractivity contribution in [3.63, 3.8) is 0 Å². The summed E-state index contributed by atoms with van der Waals surface area (Å²) >= 11 is 8.99. The molecular weight excluding hydrogens is 390 g/mol. The number of thiophene rings is 1. The lowest BCUT2D eigenvalue weighted by atomic mass is 10.2. The first-order valence-corrected chi connectivity index (χ1v) is 9.86. The highest BCUT2D eigenvalue weighted by molar-refractivity contribution is 7.98. The van der Waals surface area contributed by atoms with Crippen LogP contribution in [-0.4, -0.2) is 25.3 Å². The van der Waals surface area contributed by atoms with Gasteiger partial charge >= 0.3 is 0 Å². The summed E-state index contributed by atoms with van der Waals surface area (Å²) in [6.07, 6.45) is 3.90. The SMILES string of the molecule is Clc1ccc(-c2nc(CSc3n[nH]c(C=Cc4cccs4)n3)no2)cc1. The first kappa shape index (κ1) is 17.0. The third-order valence-corrected chi connectivity index (χ3v) is 5.25. The molecular formula is C17H12ClN5OS2. The fourth-order valence-electron chi connectivity index (χ4n) is 2.10. The minimum Gasteiger partial charge on any atom is -0.334 e. The number of hydrogen-bond donors (Lipinski definition) is 1. The van der Waals surface area contributed by atoms with E-state index in [4.69, 9.17) is 16.1 Å². The van der Waals surface area contributed by atoms with Gasteiger partial charge in [-0.3, -0.25) is 5.10 Å². The highest BCUT2D eigenvalue weighted by Gasteiger charge is 2.10. The average molecular weight is 402 g/mol. The second kappa shape index (κ2) is 7.86. The molecule has 4 aromatic rings. The van der Waals surface area contributed by atoms with Gasteiger partial charge in [0.2, 0.25) is 5.16 Å². The van der Waals surface area contributed by atoms with Crippen LogP contribution < -0.4 is 0 Å². The number of aromatic amines is 1. The third-order valence-electron chi connectivity index (χ3n) is 3.32. The van der Waals surface area contributed by atoms with E-state index in [2.05, 4.69) is 25.3 Å². The molecule has 0 bridgehead atoms. The molecule has 0 aliphatic rings. The van der Waals surface area contributed by atoms with Crippen molar-refractivity contribution in [3.8, 4) is 11.5 Å². The number of nitrogens with zero attached hydrogens (tertiary/aromatic N) is 4. The molecule has 1 aromatic carbocycles. The Morgan fingerprint density at radius 1 is 1.15 bits per heavy atom. The Balaban J connectivity index is 1.37. The first-order chi connectivity index (χ1) is 12.8. The molecule has 0 aliphatic carbocycles. The maximum absolute atomic E-state index is 5.88. The Hall–Kier alpha value is -2.42. The van der Waals surface area contributed by atoms with E-state index in [1.165, 1.54) is 11.8 Å². The smallest absolute Gasteiger partial charge is 0.257 e. The number of aromatic nitrogens is 5. The van der Waals surface area contributed by atoms with Gasteiger partial charge in [0.05, 0.1) is 5.75 Å². The molecule has 3 aromatic heterocycles. The number of rotatable bonds is 6. The summed E-state index contributed by atoms with van der Waals surface area (Å²) in [6, 6.07) is 11.3. The van der Waals surface area contributed by atoms with Crippen molar-refractivity contribution in [2.24, 2.45) is 0 Å². The summed E-state index contributed by atoms with van der Waals surface area (Å²) in [5.41, 5.74) is 0.831. The van der Waals surface area contributed by atoms with Crippen molar-refractivity contribution < 1.29 is 4.52 Å². The zero-order chi connectivity index (χ0) is 17.8. The summed E-state index contributed by atoms with van der Waals surface area (Å²) in [5.74, 6) is 2.27. The topological polar surface area (TPSA) is 80.5 Å². The quantitative estimate of drug-likeness (QED) is 0.456. The molecule has 0 radical (unpaired) electrons. The fraction of sp³-hybridized carbons (Fsp3) is 0.0588. The van der Waals surface area contributed by atoms with Gasteiger partial charge in [0.1, 0.15) is 5.82 Å². The Labute approximate surface area is 162 Å². The Morgan fingerprint density at radius 3 is 2.85 bits per heavy atom. The van der Waals surface area contributed by atoms with Crippen molar-refractivity contribution in [2.45, 2.75) is 10.9 Å². The Kier molecular flexibility index (Phi) is 5.14. The molecule has 0 aliphatic heterocycles. The van der Waals surface area contributed by atoms with Crippen LogP contribution in [-0.2, 0) is 5.75 Å². The van der Waals surface area contributed by atoms with Crippen LogP contribution in [0.15, 0.2) is 51.5 Å². The van der Waals surface area contributed by atoms with Crippen molar-refractivity contribution >= 4 is 46.9 Å². The number of hydrogen-bond acceptors (Lipinski definition) is 7. The van der Waals surface area contributed by atoms with E-state index in [0.29, 0.717) is 33.5 Å². The molecule has 0 saturated heterocycles. The summed E-state index contributed by atoms with van der Waals surface area (Å²) in [4.78, 5) is 9.96. The van der Waals surface area contributed by atoms with Crippen LogP contribution in [0.5, 0.6) is 0 Å². The monoisotopic (exact) mass is 401 g/mol. The van der Waals surface area contributed by atoms with E-state index in [1.807, 2.05) is 41.8 Å². The minimum absolute atomic E-state index is 0.465. The first-order valence-electron chi connectivity index (χ1n) is 7.61. The van der Waals surface area contributed by atoms with Crippen molar-refractivity contribution in [1.82, 2.24) is 25.3 Å². The molecule has 26 heavy (non-hydrogen) atoms. The molecule has 130 valence electrons. The molecule has 3 heterocycles. The van der Waals surface area contributed by atoms with E-state index in [-0.39, 0.29) is 0 Å². The summed E-state index contributed by atoms with van der Waals surface area (Å²) < 4.78 is 5.29. The van der Waals surface area contributed by atoms with Gasteiger partial charge in [-0.2, -0.15) is 4.98 Å². The van der Waals surface area contributed by atoms with Crippen LogP contribution in [0.2, 0.25) is 5.02 Å². The predicted molar refractivity (Wildman–Crippen MR) is 104 cm³/mol. The van der Waals surface area contributed by atoms with E-state index in [0.717, 1.165) is 10.4 Å². The molecule has 1 N–H and O–H groups in total. The lowest BCUT2D eigenvalue weighted by molar-refractivity contribution is 0.425. The van der Waals surface area contributed by atoms with E-state index in [1.54, 1.807) is 23.5 Å². The third kappa shape index (κ3) is 4.21. The molecule has 0 unspecified atom stereocenters. The number of halogens is 1. The van der Waals surface area contributed by atoms with Crippen molar-refractivity contribution in [2.75, 3.05) is 0 Å². The zero-order valence-electron chi connectivity index (χ0n) is 13.3. The second-order valence-corrected chi connectivity index (χ2v) is 7.52. The maximum Gasteiger partial charge on any atom is 0.257 e. The number of benzene rings is 1. The molecule has 0 saturated carbocycles. The lowest BCUT2D eigenvalue weighted by Crippen LogP contribution is -1.85. The molecule has 4 rings (SSSR count). The van der Waals surface area contributed by atoms with Crippen molar-refractivity contribution in [1.29, 1.82) is 0 Å². The van der Waals surface area contributed by atoms with E-state index < -0.39 is 0 Å². The average Bonchev–Trinajstić information content (AvgIpc) is 3.40. The largest absolute Gasteiger partial charge is 0.334 e. The van der Waals surface area contributed by atoms with Crippen molar-refractivity contribution in [3.05, 3.63) is 63.3 Å². The van der Waals surface area contributed by atoms with Crippen LogP contribution in [0.1, 0.15) is 16.5 Å².